The maximum Gasteiger partial charge on any atom is 0.306 e. The first-order valence-electron chi connectivity index (χ1n) is 9.09. The Morgan fingerprint density at radius 1 is 0.931 bits per heavy atom. The van der Waals surface area contributed by atoms with Gasteiger partial charge in [-0.15, -0.1) is 0 Å². The molecule has 1 amide bonds. The van der Waals surface area contributed by atoms with Crippen LogP contribution in [0.4, 0.5) is 18.9 Å². The van der Waals surface area contributed by atoms with E-state index in [0.29, 0.717) is 11.6 Å². The fourth-order valence-electron chi connectivity index (χ4n) is 3.13. The number of carbonyl (C=O) groups is 3. The lowest BCUT2D eigenvalue weighted by molar-refractivity contribution is -0.147. The zero-order valence-corrected chi connectivity index (χ0v) is 15.4. The predicted molar refractivity (Wildman–Crippen MR) is 97.9 cm³/mol. The van der Waals surface area contributed by atoms with E-state index in [-0.39, 0.29) is 18.6 Å². The van der Waals surface area contributed by atoms with Crippen LogP contribution in [0.5, 0.6) is 0 Å². The van der Waals surface area contributed by atoms with E-state index in [0.717, 1.165) is 30.9 Å². The fraction of sp³-hybridized carbons (Fsp3) is 0.286. The Bertz CT molecular complexity index is 975. The van der Waals surface area contributed by atoms with E-state index in [1.807, 2.05) is 17.4 Å². The second-order valence-electron chi connectivity index (χ2n) is 6.69. The minimum absolute atomic E-state index is 0.0724. The van der Waals surface area contributed by atoms with Crippen molar-refractivity contribution in [3.63, 3.8) is 0 Å². The van der Waals surface area contributed by atoms with Crippen molar-refractivity contribution in [2.24, 2.45) is 0 Å². The molecule has 2 aromatic carbocycles. The number of carbonyl (C=O) groups excluding carboxylic acids is 3. The molecule has 2 aromatic rings. The van der Waals surface area contributed by atoms with Gasteiger partial charge in [0.25, 0.3) is 5.91 Å². The highest BCUT2D eigenvalue weighted by Crippen LogP contribution is 2.23. The van der Waals surface area contributed by atoms with Crippen molar-refractivity contribution in [1.29, 1.82) is 0 Å². The van der Waals surface area contributed by atoms with Crippen LogP contribution in [0.15, 0.2) is 30.3 Å². The molecule has 5 nitrogen and oxygen atoms in total. The van der Waals surface area contributed by atoms with Crippen LogP contribution < -0.4 is 5.32 Å². The van der Waals surface area contributed by atoms with Crippen LogP contribution in [0.25, 0.3) is 0 Å². The summed E-state index contributed by atoms with van der Waals surface area (Å²) in [5, 5.41) is 1.98. The summed E-state index contributed by atoms with van der Waals surface area (Å²) in [5.74, 6) is -6.56. The molecular weight excluding hydrogens is 387 g/mol. The largest absolute Gasteiger partial charge is 0.456 e. The van der Waals surface area contributed by atoms with E-state index in [2.05, 4.69) is 0 Å². The number of aryl methyl sites for hydroxylation is 2. The topological polar surface area (TPSA) is 72.5 Å². The summed E-state index contributed by atoms with van der Waals surface area (Å²) in [5.41, 5.74) is 2.35. The first kappa shape index (κ1) is 20.6. The van der Waals surface area contributed by atoms with Gasteiger partial charge < -0.3 is 10.1 Å². The van der Waals surface area contributed by atoms with Crippen LogP contribution in [-0.2, 0) is 27.2 Å². The number of anilines is 1. The van der Waals surface area contributed by atoms with E-state index >= 15 is 0 Å². The smallest absolute Gasteiger partial charge is 0.306 e. The molecule has 0 saturated heterocycles. The van der Waals surface area contributed by atoms with Gasteiger partial charge in [-0.05, 0) is 48.6 Å². The molecule has 0 atom stereocenters. The van der Waals surface area contributed by atoms with Gasteiger partial charge in [-0.2, -0.15) is 0 Å². The van der Waals surface area contributed by atoms with Crippen LogP contribution in [0.2, 0.25) is 0 Å². The number of ketones is 1. The summed E-state index contributed by atoms with van der Waals surface area (Å²) in [6.07, 6.45) is 2.72. The Morgan fingerprint density at radius 2 is 1.69 bits per heavy atom. The van der Waals surface area contributed by atoms with E-state index in [9.17, 15) is 27.6 Å². The summed E-state index contributed by atoms with van der Waals surface area (Å²) in [4.78, 5) is 35.7. The minimum Gasteiger partial charge on any atom is -0.456 e. The molecule has 8 heteroatoms. The van der Waals surface area contributed by atoms with E-state index in [4.69, 9.17) is 4.74 Å². The van der Waals surface area contributed by atoms with Crippen molar-refractivity contribution in [3.05, 3.63) is 64.5 Å². The zero-order chi connectivity index (χ0) is 21.0. The third-order valence-electron chi connectivity index (χ3n) is 4.65. The minimum atomic E-state index is -1.72. The third kappa shape index (κ3) is 5.01. The molecule has 0 aromatic heterocycles. The highest BCUT2D eigenvalue weighted by atomic mass is 19.2. The number of hydrogen-bond donors (Lipinski definition) is 1. The van der Waals surface area contributed by atoms with Gasteiger partial charge in [0, 0.05) is 12.0 Å². The van der Waals surface area contributed by atoms with E-state index in [1.54, 1.807) is 6.07 Å². The molecule has 0 aliphatic heterocycles. The molecule has 0 heterocycles. The fourth-order valence-corrected chi connectivity index (χ4v) is 3.13. The standard InChI is InChI=1S/C21H18F3NO4/c22-15-6-7-16(21(24)20(15)23)25-18(27)11-29-19(28)9-8-17(26)14-5-4-12-2-1-3-13(12)10-14/h4-7,10H,1-3,8-9,11H2,(H,25,27). The van der Waals surface area contributed by atoms with E-state index < -0.39 is 41.6 Å². The van der Waals surface area contributed by atoms with Crippen molar-refractivity contribution in [1.82, 2.24) is 0 Å². The van der Waals surface area contributed by atoms with Crippen molar-refractivity contribution >= 4 is 23.3 Å². The molecule has 0 fully saturated rings. The highest BCUT2D eigenvalue weighted by molar-refractivity contribution is 5.98. The molecule has 1 aliphatic rings. The van der Waals surface area contributed by atoms with Gasteiger partial charge in [0.2, 0.25) is 0 Å². The highest BCUT2D eigenvalue weighted by Gasteiger charge is 2.18. The first-order valence-corrected chi connectivity index (χ1v) is 9.09. The van der Waals surface area contributed by atoms with Gasteiger partial charge in [-0.1, -0.05) is 12.1 Å². The lowest BCUT2D eigenvalue weighted by Gasteiger charge is -2.08. The number of hydrogen-bond acceptors (Lipinski definition) is 4. The summed E-state index contributed by atoms with van der Waals surface area (Å²) in [6, 6.07) is 7.02. The van der Waals surface area contributed by atoms with Crippen LogP contribution in [0, 0.1) is 17.5 Å². The normalized spacial score (nSPS) is 12.4. The number of benzene rings is 2. The second-order valence-corrected chi connectivity index (χ2v) is 6.69. The number of amides is 1. The summed E-state index contributed by atoms with van der Waals surface area (Å²) in [6.45, 7) is -0.746. The summed E-state index contributed by atoms with van der Waals surface area (Å²) in [7, 11) is 0. The van der Waals surface area contributed by atoms with Crippen molar-refractivity contribution in [2.45, 2.75) is 32.1 Å². The molecule has 0 unspecified atom stereocenters. The molecule has 29 heavy (non-hydrogen) atoms. The number of Topliss-reactive ketones (excluding diaryl/α,β-unsaturated/α-hetero) is 1. The Labute approximate surface area is 164 Å². The molecule has 1 N–H and O–H groups in total. The average molecular weight is 405 g/mol. The Hall–Kier alpha value is -3.16. The number of fused-ring (bicyclic) bond motifs is 1. The van der Waals surface area contributed by atoms with E-state index in [1.165, 1.54) is 5.56 Å². The van der Waals surface area contributed by atoms with Gasteiger partial charge in [-0.3, -0.25) is 14.4 Å². The molecule has 0 bridgehead atoms. The Kier molecular flexibility index (Phi) is 6.31. The molecular formula is C21H18F3NO4. The van der Waals surface area contributed by atoms with Gasteiger partial charge in [-0.25, -0.2) is 13.2 Å². The monoisotopic (exact) mass is 405 g/mol. The summed E-state index contributed by atoms with van der Waals surface area (Å²) < 4.78 is 44.2. The number of halogens is 3. The molecule has 0 spiro atoms. The molecule has 152 valence electrons. The van der Waals surface area contributed by atoms with Crippen LogP contribution in [0.1, 0.15) is 40.7 Å². The number of rotatable bonds is 7. The molecule has 0 saturated carbocycles. The van der Waals surface area contributed by atoms with Crippen LogP contribution >= 0.6 is 0 Å². The Balaban J connectivity index is 1.44. The average Bonchev–Trinajstić information content (AvgIpc) is 3.18. The van der Waals surface area contributed by atoms with Gasteiger partial charge in [0.1, 0.15) is 0 Å². The van der Waals surface area contributed by atoms with Crippen LogP contribution in [0.3, 0.4) is 0 Å². The van der Waals surface area contributed by atoms with Crippen molar-refractivity contribution < 1.29 is 32.3 Å². The second kappa shape index (κ2) is 8.89. The third-order valence-corrected chi connectivity index (χ3v) is 4.65. The van der Waals surface area contributed by atoms with Crippen LogP contribution in [-0.4, -0.2) is 24.3 Å². The zero-order valence-electron chi connectivity index (χ0n) is 15.4. The predicted octanol–water partition coefficient (Wildman–Crippen LogP) is 3.74. The molecule has 0 radical (unpaired) electrons. The van der Waals surface area contributed by atoms with Gasteiger partial charge >= 0.3 is 5.97 Å². The first-order chi connectivity index (χ1) is 13.8. The maximum atomic E-state index is 13.5. The number of ether oxygens (including phenoxy) is 1. The lowest BCUT2D eigenvalue weighted by atomic mass is 10.0. The maximum absolute atomic E-state index is 13.5. The van der Waals surface area contributed by atoms with Crippen molar-refractivity contribution in [3.8, 4) is 0 Å². The van der Waals surface area contributed by atoms with Gasteiger partial charge in [0.05, 0.1) is 12.1 Å². The van der Waals surface area contributed by atoms with Gasteiger partial charge in [0.15, 0.2) is 29.8 Å². The SMILES string of the molecule is O=C(COC(=O)CCC(=O)c1ccc2c(c1)CCC2)Nc1ccc(F)c(F)c1F. The van der Waals surface area contributed by atoms with Crippen molar-refractivity contribution in [2.75, 3.05) is 11.9 Å². The lowest BCUT2D eigenvalue weighted by Crippen LogP contribution is -2.22. The molecule has 1 aliphatic carbocycles. The quantitative estimate of drug-likeness (QED) is 0.433. The number of esters is 1. The number of nitrogens with one attached hydrogen (secondary N) is 1. The molecule has 3 rings (SSSR count). The summed E-state index contributed by atoms with van der Waals surface area (Å²) >= 11 is 0. The Morgan fingerprint density at radius 3 is 2.48 bits per heavy atom.